The van der Waals surface area contributed by atoms with E-state index in [4.69, 9.17) is 9.26 Å². The second kappa shape index (κ2) is 6.74. The first-order valence-electron chi connectivity index (χ1n) is 7.06. The van der Waals surface area contributed by atoms with Crippen LogP contribution in [0.2, 0.25) is 0 Å². The van der Waals surface area contributed by atoms with E-state index in [1.807, 2.05) is 30.3 Å². The van der Waals surface area contributed by atoms with Crippen LogP contribution in [-0.2, 0) is 11.3 Å². The summed E-state index contributed by atoms with van der Waals surface area (Å²) >= 11 is 0. The molecule has 1 aromatic heterocycles. The molecule has 0 saturated carbocycles. The number of carbonyl (C=O) groups is 1. The predicted molar refractivity (Wildman–Crippen MR) is 84.2 cm³/mol. The Morgan fingerprint density at radius 3 is 2.67 bits per heavy atom. The molecule has 0 aliphatic heterocycles. The number of hydrogen-bond acceptors (Lipinski definition) is 6. The van der Waals surface area contributed by atoms with Crippen molar-refractivity contribution in [2.75, 3.05) is 0 Å². The Balaban J connectivity index is 1.66. The minimum Gasteiger partial charge on any atom is -0.454 e. The van der Waals surface area contributed by atoms with Gasteiger partial charge in [-0.25, -0.2) is 4.79 Å². The Bertz CT molecular complexity index is 873. The van der Waals surface area contributed by atoms with E-state index in [0.29, 0.717) is 11.5 Å². The number of nitrogens with zero attached hydrogens (tertiary/aromatic N) is 2. The van der Waals surface area contributed by atoms with Gasteiger partial charge in [-0.05, 0) is 6.07 Å². The Hall–Kier alpha value is -3.48. The van der Waals surface area contributed by atoms with Crippen molar-refractivity contribution in [2.24, 2.45) is 0 Å². The van der Waals surface area contributed by atoms with Gasteiger partial charge in [-0.3, -0.25) is 10.1 Å². The average molecular weight is 324 g/mol. The summed E-state index contributed by atoms with van der Waals surface area (Å²) in [5, 5.41) is 14.6. The molecule has 0 aliphatic carbocycles. The molecule has 0 fully saturated rings. The molecule has 0 amide bonds. The third-order valence-corrected chi connectivity index (χ3v) is 3.27. The fourth-order valence-electron chi connectivity index (χ4n) is 2.09. The fraction of sp³-hybridized carbons (Fsp3) is 0.0588. The minimum atomic E-state index is -0.670. The Morgan fingerprint density at radius 2 is 1.92 bits per heavy atom. The number of aromatic nitrogens is 1. The van der Waals surface area contributed by atoms with Crippen LogP contribution in [-0.4, -0.2) is 16.0 Å². The van der Waals surface area contributed by atoms with E-state index in [-0.39, 0.29) is 17.9 Å². The first kappa shape index (κ1) is 15.4. The van der Waals surface area contributed by atoms with Gasteiger partial charge in [0.25, 0.3) is 5.69 Å². The molecule has 0 saturated heterocycles. The van der Waals surface area contributed by atoms with Crippen molar-refractivity contribution in [1.29, 1.82) is 0 Å². The van der Waals surface area contributed by atoms with E-state index in [0.717, 1.165) is 11.6 Å². The lowest BCUT2D eigenvalue weighted by Crippen LogP contribution is -2.05. The van der Waals surface area contributed by atoms with Gasteiger partial charge in [-0.1, -0.05) is 41.6 Å². The van der Waals surface area contributed by atoms with E-state index in [1.54, 1.807) is 6.07 Å². The van der Waals surface area contributed by atoms with Crippen LogP contribution in [0, 0.1) is 10.1 Å². The van der Waals surface area contributed by atoms with Crippen molar-refractivity contribution in [3.05, 3.63) is 82.1 Å². The quantitative estimate of drug-likeness (QED) is 0.404. The number of nitro groups is 1. The van der Waals surface area contributed by atoms with Gasteiger partial charge in [0.05, 0.1) is 10.5 Å². The number of rotatable bonds is 5. The second-order valence-corrected chi connectivity index (χ2v) is 4.93. The van der Waals surface area contributed by atoms with Gasteiger partial charge < -0.3 is 9.26 Å². The standard InChI is InChI=1S/C17H12N2O5/c20-17(13-7-4-8-14(9-13)19(21)22)23-11-15-10-16(18-24-15)12-5-2-1-3-6-12/h1-10H,11H2. The van der Waals surface area contributed by atoms with Gasteiger partial charge in [-0.2, -0.15) is 0 Å². The van der Waals surface area contributed by atoms with E-state index >= 15 is 0 Å². The molecule has 24 heavy (non-hydrogen) atoms. The smallest absolute Gasteiger partial charge is 0.338 e. The van der Waals surface area contributed by atoms with Gasteiger partial charge in [-0.15, -0.1) is 0 Å². The number of carbonyl (C=O) groups excluding carboxylic acids is 1. The van der Waals surface area contributed by atoms with Crippen LogP contribution in [0.3, 0.4) is 0 Å². The Labute approximate surface area is 136 Å². The van der Waals surface area contributed by atoms with Crippen molar-refractivity contribution in [3.8, 4) is 11.3 Å². The minimum absolute atomic E-state index is 0.104. The third-order valence-electron chi connectivity index (χ3n) is 3.27. The maximum absolute atomic E-state index is 12.0. The zero-order chi connectivity index (χ0) is 16.9. The van der Waals surface area contributed by atoms with Crippen molar-refractivity contribution in [2.45, 2.75) is 6.61 Å². The maximum atomic E-state index is 12.0. The molecule has 0 N–H and O–H groups in total. The molecule has 0 radical (unpaired) electrons. The highest BCUT2D eigenvalue weighted by molar-refractivity contribution is 5.90. The summed E-state index contributed by atoms with van der Waals surface area (Å²) in [6.07, 6.45) is 0. The molecule has 7 heteroatoms. The molecule has 3 aromatic rings. The molecule has 2 aromatic carbocycles. The normalized spacial score (nSPS) is 10.3. The highest BCUT2D eigenvalue weighted by atomic mass is 16.6. The molecule has 3 rings (SSSR count). The number of ether oxygens (including phenoxy) is 1. The maximum Gasteiger partial charge on any atom is 0.338 e. The van der Waals surface area contributed by atoms with Crippen LogP contribution < -0.4 is 0 Å². The molecule has 0 bridgehead atoms. The van der Waals surface area contributed by atoms with Gasteiger partial charge in [0.15, 0.2) is 12.4 Å². The molecule has 0 unspecified atom stereocenters. The van der Waals surface area contributed by atoms with Crippen molar-refractivity contribution >= 4 is 11.7 Å². The van der Waals surface area contributed by atoms with Crippen molar-refractivity contribution < 1.29 is 19.0 Å². The van der Waals surface area contributed by atoms with Gasteiger partial charge in [0, 0.05) is 23.8 Å². The SMILES string of the molecule is O=C(OCc1cc(-c2ccccc2)no1)c1cccc([N+](=O)[O-])c1. The summed E-state index contributed by atoms with van der Waals surface area (Å²) in [5.74, 6) is -0.288. The monoisotopic (exact) mass is 324 g/mol. The van der Waals surface area contributed by atoms with Crippen LogP contribution in [0.5, 0.6) is 0 Å². The van der Waals surface area contributed by atoms with Crippen LogP contribution in [0.1, 0.15) is 16.1 Å². The van der Waals surface area contributed by atoms with Gasteiger partial charge in [0.2, 0.25) is 0 Å². The topological polar surface area (TPSA) is 95.5 Å². The summed E-state index contributed by atoms with van der Waals surface area (Å²) < 4.78 is 10.2. The number of benzene rings is 2. The third kappa shape index (κ3) is 3.46. The molecule has 0 spiro atoms. The Morgan fingerprint density at radius 1 is 1.12 bits per heavy atom. The lowest BCUT2D eigenvalue weighted by atomic mass is 10.1. The molecular formula is C17H12N2O5. The van der Waals surface area contributed by atoms with E-state index in [1.165, 1.54) is 18.2 Å². The summed E-state index contributed by atoms with van der Waals surface area (Å²) in [4.78, 5) is 22.1. The number of esters is 1. The van der Waals surface area contributed by atoms with Gasteiger partial charge in [0.1, 0.15) is 5.69 Å². The van der Waals surface area contributed by atoms with Crippen LogP contribution in [0.4, 0.5) is 5.69 Å². The molecule has 0 atom stereocenters. The average Bonchev–Trinajstić information content (AvgIpc) is 3.09. The van der Waals surface area contributed by atoms with Crippen LogP contribution in [0.15, 0.2) is 65.2 Å². The molecular weight excluding hydrogens is 312 g/mol. The summed E-state index contributed by atoms with van der Waals surface area (Å²) in [6.45, 7) is -0.110. The summed E-state index contributed by atoms with van der Waals surface area (Å²) in [6, 6.07) is 16.5. The summed E-state index contributed by atoms with van der Waals surface area (Å²) in [7, 11) is 0. The predicted octanol–water partition coefficient (Wildman–Crippen LogP) is 3.61. The molecule has 7 nitrogen and oxygen atoms in total. The van der Waals surface area contributed by atoms with Crippen molar-refractivity contribution in [1.82, 2.24) is 5.16 Å². The van der Waals surface area contributed by atoms with E-state index < -0.39 is 10.9 Å². The van der Waals surface area contributed by atoms with Crippen LogP contribution >= 0.6 is 0 Å². The lowest BCUT2D eigenvalue weighted by molar-refractivity contribution is -0.384. The number of non-ortho nitro benzene ring substituents is 1. The molecule has 0 aliphatic rings. The van der Waals surface area contributed by atoms with Crippen LogP contribution in [0.25, 0.3) is 11.3 Å². The summed E-state index contributed by atoms with van der Waals surface area (Å²) in [5.41, 5.74) is 1.46. The van der Waals surface area contributed by atoms with Gasteiger partial charge >= 0.3 is 5.97 Å². The first-order valence-corrected chi connectivity index (χ1v) is 7.06. The van der Waals surface area contributed by atoms with E-state index in [9.17, 15) is 14.9 Å². The number of hydrogen-bond donors (Lipinski definition) is 0. The lowest BCUT2D eigenvalue weighted by Gasteiger charge is -2.02. The zero-order valence-electron chi connectivity index (χ0n) is 12.4. The largest absolute Gasteiger partial charge is 0.454 e. The highest BCUT2D eigenvalue weighted by Crippen LogP contribution is 2.19. The first-order chi connectivity index (χ1) is 11.6. The number of nitro benzene ring substituents is 1. The zero-order valence-corrected chi connectivity index (χ0v) is 12.4. The molecule has 120 valence electrons. The highest BCUT2D eigenvalue weighted by Gasteiger charge is 2.14. The van der Waals surface area contributed by atoms with Crippen molar-refractivity contribution in [3.63, 3.8) is 0 Å². The molecule has 1 heterocycles. The van der Waals surface area contributed by atoms with E-state index in [2.05, 4.69) is 5.16 Å². The Kier molecular flexibility index (Phi) is 4.33. The second-order valence-electron chi connectivity index (χ2n) is 4.93. The fourth-order valence-corrected chi connectivity index (χ4v) is 2.09.